The SMILES string of the molecule is Cc1ccc(CCC(O)CN)cc1Br. The lowest BCUT2D eigenvalue weighted by Gasteiger charge is -2.08. The molecule has 1 aromatic rings. The summed E-state index contributed by atoms with van der Waals surface area (Å²) >= 11 is 3.48. The number of aliphatic hydroxyl groups excluding tert-OH is 1. The van der Waals surface area contributed by atoms with Crippen LogP contribution < -0.4 is 5.73 Å². The third-order valence-corrected chi connectivity index (χ3v) is 3.13. The monoisotopic (exact) mass is 257 g/mol. The first-order valence-corrected chi connectivity index (χ1v) is 5.56. The molecule has 0 heterocycles. The van der Waals surface area contributed by atoms with Gasteiger partial charge in [-0.05, 0) is 37.0 Å². The van der Waals surface area contributed by atoms with Crippen molar-refractivity contribution in [2.75, 3.05) is 6.54 Å². The summed E-state index contributed by atoms with van der Waals surface area (Å²) in [6.07, 6.45) is 1.22. The van der Waals surface area contributed by atoms with E-state index >= 15 is 0 Å². The standard InChI is InChI=1S/C11H16BrNO/c1-8-2-3-9(6-11(8)12)4-5-10(14)7-13/h2-3,6,10,14H,4-5,7,13H2,1H3. The highest BCUT2D eigenvalue weighted by Crippen LogP contribution is 2.18. The van der Waals surface area contributed by atoms with Gasteiger partial charge in [-0.25, -0.2) is 0 Å². The van der Waals surface area contributed by atoms with Crippen molar-refractivity contribution in [3.8, 4) is 0 Å². The summed E-state index contributed by atoms with van der Waals surface area (Å²) < 4.78 is 1.12. The molecule has 1 aromatic carbocycles. The summed E-state index contributed by atoms with van der Waals surface area (Å²) in [7, 11) is 0. The zero-order valence-electron chi connectivity index (χ0n) is 8.33. The average molecular weight is 258 g/mol. The highest BCUT2D eigenvalue weighted by Gasteiger charge is 2.02. The fourth-order valence-corrected chi connectivity index (χ4v) is 1.67. The molecule has 0 spiro atoms. The maximum Gasteiger partial charge on any atom is 0.0665 e. The van der Waals surface area contributed by atoms with Gasteiger partial charge < -0.3 is 10.8 Å². The fraction of sp³-hybridized carbons (Fsp3) is 0.455. The van der Waals surface area contributed by atoms with Crippen molar-refractivity contribution in [2.24, 2.45) is 5.73 Å². The summed E-state index contributed by atoms with van der Waals surface area (Å²) in [5.41, 5.74) is 7.79. The van der Waals surface area contributed by atoms with E-state index in [-0.39, 0.29) is 6.10 Å². The van der Waals surface area contributed by atoms with E-state index in [4.69, 9.17) is 5.73 Å². The minimum absolute atomic E-state index is 0.340. The van der Waals surface area contributed by atoms with Crippen LogP contribution in [0, 0.1) is 6.92 Å². The minimum atomic E-state index is -0.380. The molecule has 0 bridgehead atoms. The quantitative estimate of drug-likeness (QED) is 0.867. The van der Waals surface area contributed by atoms with Crippen molar-refractivity contribution in [1.29, 1.82) is 0 Å². The number of aliphatic hydroxyl groups is 1. The van der Waals surface area contributed by atoms with Gasteiger partial charge in [-0.3, -0.25) is 0 Å². The van der Waals surface area contributed by atoms with Gasteiger partial charge in [0.1, 0.15) is 0 Å². The number of aryl methyl sites for hydroxylation is 2. The Morgan fingerprint density at radius 3 is 2.79 bits per heavy atom. The Labute approximate surface area is 93.3 Å². The van der Waals surface area contributed by atoms with E-state index in [1.54, 1.807) is 0 Å². The Morgan fingerprint density at radius 1 is 1.50 bits per heavy atom. The van der Waals surface area contributed by atoms with Crippen LogP contribution in [0.15, 0.2) is 22.7 Å². The van der Waals surface area contributed by atoms with Gasteiger partial charge in [0, 0.05) is 11.0 Å². The van der Waals surface area contributed by atoms with Gasteiger partial charge in [0.25, 0.3) is 0 Å². The summed E-state index contributed by atoms with van der Waals surface area (Å²) in [5, 5.41) is 9.31. The third kappa shape index (κ3) is 3.40. The summed E-state index contributed by atoms with van der Waals surface area (Å²) in [4.78, 5) is 0. The second kappa shape index (κ2) is 5.49. The van der Waals surface area contributed by atoms with E-state index in [1.807, 2.05) is 0 Å². The molecule has 0 saturated heterocycles. The molecule has 1 atom stereocenters. The second-order valence-electron chi connectivity index (χ2n) is 3.51. The first-order chi connectivity index (χ1) is 6.63. The number of benzene rings is 1. The fourth-order valence-electron chi connectivity index (χ4n) is 1.24. The lowest BCUT2D eigenvalue weighted by molar-refractivity contribution is 0.173. The lowest BCUT2D eigenvalue weighted by Crippen LogP contribution is -2.20. The van der Waals surface area contributed by atoms with Crippen molar-refractivity contribution in [1.82, 2.24) is 0 Å². The van der Waals surface area contributed by atoms with Crippen LogP contribution in [-0.2, 0) is 6.42 Å². The average Bonchev–Trinajstić information content (AvgIpc) is 2.19. The van der Waals surface area contributed by atoms with Crippen LogP contribution >= 0.6 is 15.9 Å². The zero-order chi connectivity index (χ0) is 10.6. The first-order valence-electron chi connectivity index (χ1n) is 4.76. The Bertz CT molecular complexity index is 301. The Morgan fingerprint density at radius 2 is 2.21 bits per heavy atom. The van der Waals surface area contributed by atoms with E-state index in [2.05, 4.69) is 41.1 Å². The highest BCUT2D eigenvalue weighted by atomic mass is 79.9. The van der Waals surface area contributed by atoms with Crippen molar-refractivity contribution in [2.45, 2.75) is 25.9 Å². The topological polar surface area (TPSA) is 46.2 Å². The summed E-state index contributed by atoms with van der Waals surface area (Å²) in [5.74, 6) is 0. The molecule has 0 fully saturated rings. The van der Waals surface area contributed by atoms with E-state index in [9.17, 15) is 5.11 Å². The molecule has 0 aromatic heterocycles. The molecule has 0 radical (unpaired) electrons. The van der Waals surface area contributed by atoms with E-state index in [0.717, 1.165) is 17.3 Å². The molecule has 0 saturated carbocycles. The number of hydrogen-bond acceptors (Lipinski definition) is 2. The van der Waals surface area contributed by atoms with Gasteiger partial charge >= 0.3 is 0 Å². The van der Waals surface area contributed by atoms with Crippen molar-refractivity contribution < 1.29 is 5.11 Å². The lowest BCUT2D eigenvalue weighted by atomic mass is 10.1. The highest BCUT2D eigenvalue weighted by molar-refractivity contribution is 9.10. The van der Waals surface area contributed by atoms with Crippen LogP contribution in [0.25, 0.3) is 0 Å². The maximum atomic E-state index is 9.31. The van der Waals surface area contributed by atoms with Gasteiger partial charge in [-0.2, -0.15) is 0 Å². The van der Waals surface area contributed by atoms with Crippen LogP contribution in [0.4, 0.5) is 0 Å². The molecule has 3 heteroatoms. The molecule has 0 aliphatic carbocycles. The number of nitrogens with two attached hydrogens (primary N) is 1. The summed E-state index contributed by atoms with van der Waals surface area (Å²) in [6, 6.07) is 6.26. The van der Waals surface area contributed by atoms with Crippen LogP contribution in [0.3, 0.4) is 0 Å². The molecule has 2 nitrogen and oxygen atoms in total. The Hall–Kier alpha value is -0.380. The molecule has 1 unspecified atom stereocenters. The van der Waals surface area contributed by atoms with Gasteiger partial charge in [-0.1, -0.05) is 28.1 Å². The molecular weight excluding hydrogens is 242 g/mol. The number of rotatable bonds is 4. The van der Waals surface area contributed by atoms with Gasteiger partial charge in [-0.15, -0.1) is 0 Å². The first kappa shape index (κ1) is 11.7. The van der Waals surface area contributed by atoms with Gasteiger partial charge in [0.05, 0.1) is 6.10 Å². The minimum Gasteiger partial charge on any atom is -0.392 e. The largest absolute Gasteiger partial charge is 0.392 e. The molecule has 1 rings (SSSR count). The van der Waals surface area contributed by atoms with Crippen molar-refractivity contribution in [3.05, 3.63) is 33.8 Å². The maximum absolute atomic E-state index is 9.31. The van der Waals surface area contributed by atoms with Gasteiger partial charge in [0.2, 0.25) is 0 Å². The van der Waals surface area contributed by atoms with Gasteiger partial charge in [0.15, 0.2) is 0 Å². The molecule has 14 heavy (non-hydrogen) atoms. The molecule has 3 N–H and O–H groups in total. The van der Waals surface area contributed by atoms with Crippen molar-refractivity contribution in [3.63, 3.8) is 0 Å². The normalized spacial score (nSPS) is 12.9. The Kier molecular flexibility index (Phi) is 4.58. The smallest absolute Gasteiger partial charge is 0.0665 e. The summed E-state index contributed by atoms with van der Waals surface area (Å²) in [6.45, 7) is 2.40. The molecule has 0 aliphatic rings. The van der Waals surface area contributed by atoms with E-state index < -0.39 is 0 Å². The zero-order valence-corrected chi connectivity index (χ0v) is 9.92. The molecular formula is C11H16BrNO. The molecule has 78 valence electrons. The van der Waals surface area contributed by atoms with E-state index in [1.165, 1.54) is 11.1 Å². The number of halogens is 1. The molecule has 0 aliphatic heterocycles. The second-order valence-corrected chi connectivity index (χ2v) is 4.37. The number of hydrogen-bond donors (Lipinski definition) is 2. The molecule has 0 amide bonds. The third-order valence-electron chi connectivity index (χ3n) is 2.27. The van der Waals surface area contributed by atoms with Crippen LogP contribution in [0.2, 0.25) is 0 Å². The van der Waals surface area contributed by atoms with Crippen LogP contribution in [0.1, 0.15) is 17.5 Å². The van der Waals surface area contributed by atoms with Crippen molar-refractivity contribution >= 4 is 15.9 Å². The predicted molar refractivity (Wildman–Crippen MR) is 62.3 cm³/mol. The van der Waals surface area contributed by atoms with Crippen LogP contribution in [-0.4, -0.2) is 17.8 Å². The predicted octanol–water partition coefficient (Wildman–Crippen LogP) is 2.01. The Balaban J connectivity index is 2.55. The van der Waals surface area contributed by atoms with E-state index in [0.29, 0.717) is 6.54 Å². The van der Waals surface area contributed by atoms with Crippen LogP contribution in [0.5, 0.6) is 0 Å².